The molecule has 1 heterocycles. The van der Waals surface area contributed by atoms with Crippen LogP contribution in [-0.2, 0) is 9.47 Å². The molecule has 0 aromatic rings. The number of methoxy groups -OCH3 is 2. The molecule has 1 rings (SSSR count). The van der Waals surface area contributed by atoms with E-state index >= 15 is 0 Å². The second-order valence-electron chi connectivity index (χ2n) is 4.13. The fourth-order valence-corrected chi connectivity index (χ4v) is 3.31. The van der Waals surface area contributed by atoms with Crippen LogP contribution in [0.5, 0.6) is 0 Å². The highest BCUT2D eigenvalue weighted by molar-refractivity contribution is 8.04. The minimum absolute atomic E-state index is 0.177. The van der Waals surface area contributed by atoms with Gasteiger partial charge in [0.2, 0.25) is 0 Å². The van der Waals surface area contributed by atoms with Gasteiger partial charge in [-0.15, -0.1) is 0 Å². The average Bonchev–Trinajstić information content (AvgIpc) is 2.66. The van der Waals surface area contributed by atoms with Gasteiger partial charge in [-0.25, -0.2) is 0 Å². The molecule has 0 aromatic heterocycles. The Hall–Kier alpha value is -0.190. The summed E-state index contributed by atoms with van der Waals surface area (Å²) in [6.45, 7) is 2.86. The number of ether oxygens (including phenoxy) is 2. The van der Waals surface area contributed by atoms with E-state index < -0.39 is 0 Å². The van der Waals surface area contributed by atoms with E-state index in [0.717, 1.165) is 24.4 Å². The fourth-order valence-electron chi connectivity index (χ4n) is 2.02. The van der Waals surface area contributed by atoms with Crippen molar-refractivity contribution in [3.63, 3.8) is 0 Å². The summed E-state index contributed by atoms with van der Waals surface area (Å²) in [5, 5.41) is 1.05. The lowest BCUT2D eigenvalue weighted by molar-refractivity contribution is 0.0683. The van der Waals surface area contributed by atoms with Gasteiger partial charge in [-0.1, -0.05) is 25.1 Å². The summed E-state index contributed by atoms with van der Waals surface area (Å²) < 4.78 is 11.1. The number of unbranched alkanes of at least 4 members (excludes halogenated alkanes) is 1. The van der Waals surface area contributed by atoms with Crippen LogP contribution in [0, 0.1) is 0 Å². The molecule has 1 atom stereocenters. The van der Waals surface area contributed by atoms with E-state index in [4.69, 9.17) is 15.2 Å². The predicted molar refractivity (Wildman–Crippen MR) is 69.2 cm³/mol. The van der Waals surface area contributed by atoms with Crippen LogP contribution in [-0.4, -0.2) is 25.7 Å². The van der Waals surface area contributed by atoms with Crippen molar-refractivity contribution in [3.8, 4) is 0 Å². The van der Waals surface area contributed by atoms with Crippen molar-refractivity contribution < 1.29 is 9.47 Å². The number of thioether (sulfide) groups is 1. The first-order valence-electron chi connectivity index (χ1n) is 5.91. The summed E-state index contributed by atoms with van der Waals surface area (Å²) in [5.74, 6) is 0. The Morgan fingerprint density at radius 1 is 1.44 bits per heavy atom. The molecule has 0 saturated heterocycles. The Labute approximate surface area is 103 Å². The summed E-state index contributed by atoms with van der Waals surface area (Å²) in [5.41, 5.74) is 7.04. The number of rotatable bonds is 7. The molecule has 1 unspecified atom stereocenters. The van der Waals surface area contributed by atoms with Gasteiger partial charge >= 0.3 is 0 Å². The van der Waals surface area contributed by atoms with Gasteiger partial charge in [-0.05, 0) is 31.4 Å². The highest BCUT2D eigenvalue weighted by Gasteiger charge is 2.39. The van der Waals surface area contributed by atoms with Gasteiger partial charge in [0.1, 0.15) is 4.93 Å². The van der Waals surface area contributed by atoms with Crippen LogP contribution in [0.1, 0.15) is 39.0 Å². The molecule has 0 amide bonds. The first-order chi connectivity index (χ1) is 7.71. The molecule has 3 nitrogen and oxygen atoms in total. The second kappa shape index (κ2) is 6.52. The smallest absolute Gasteiger partial charge is 0.154 e. The average molecular weight is 245 g/mol. The molecule has 1 aliphatic rings. The van der Waals surface area contributed by atoms with Crippen LogP contribution < -0.4 is 5.73 Å². The molecule has 2 N–H and O–H groups in total. The van der Waals surface area contributed by atoms with Crippen LogP contribution in [0.4, 0.5) is 0 Å². The van der Waals surface area contributed by atoms with E-state index in [9.17, 15) is 0 Å². The Kier molecular flexibility index (Phi) is 5.66. The van der Waals surface area contributed by atoms with Crippen molar-refractivity contribution in [2.45, 2.75) is 44.0 Å². The largest absolute Gasteiger partial charge is 0.490 e. The SMILES string of the molecule is CCCCC1=C(OC)SC(CCN)(OC)C1. The minimum atomic E-state index is -0.177. The highest BCUT2D eigenvalue weighted by atomic mass is 32.2. The molecule has 16 heavy (non-hydrogen) atoms. The van der Waals surface area contributed by atoms with E-state index in [1.54, 1.807) is 26.0 Å². The molecule has 0 bridgehead atoms. The maximum atomic E-state index is 5.65. The first-order valence-corrected chi connectivity index (χ1v) is 6.73. The van der Waals surface area contributed by atoms with Crippen molar-refractivity contribution >= 4 is 11.8 Å². The van der Waals surface area contributed by atoms with Crippen molar-refractivity contribution in [2.24, 2.45) is 5.73 Å². The maximum absolute atomic E-state index is 5.65. The van der Waals surface area contributed by atoms with Crippen LogP contribution in [0.15, 0.2) is 10.7 Å². The maximum Gasteiger partial charge on any atom is 0.154 e. The normalized spacial score (nSPS) is 25.2. The highest BCUT2D eigenvalue weighted by Crippen LogP contribution is 2.50. The van der Waals surface area contributed by atoms with Gasteiger partial charge < -0.3 is 15.2 Å². The Morgan fingerprint density at radius 3 is 2.69 bits per heavy atom. The molecule has 0 spiro atoms. The zero-order chi connectivity index (χ0) is 12.0. The fraction of sp³-hybridized carbons (Fsp3) is 0.833. The number of nitrogens with two attached hydrogens (primary N) is 1. The minimum Gasteiger partial charge on any atom is -0.490 e. The molecular formula is C12H23NO2S. The molecule has 0 radical (unpaired) electrons. The van der Waals surface area contributed by atoms with E-state index in [0.29, 0.717) is 6.54 Å². The molecule has 0 aromatic carbocycles. The van der Waals surface area contributed by atoms with Crippen LogP contribution >= 0.6 is 11.8 Å². The van der Waals surface area contributed by atoms with E-state index in [2.05, 4.69) is 6.92 Å². The predicted octanol–water partition coefficient (Wildman–Crippen LogP) is 2.86. The monoisotopic (exact) mass is 245 g/mol. The Morgan fingerprint density at radius 2 is 2.19 bits per heavy atom. The standard InChI is InChI=1S/C12H23NO2S/c1-4-5-6-10-9-12(15-3,7-8-13)16-11(10)14-2/h4-9,13H2,1-3H3. The van der Waals surface area contributed by atoms with E-state index in [1.807, 2.05) is 0 Å². The van der Waals surface area contributed by atoms with Crippen molar-refractivity contribution in [2.75, 3.05) is 20.8 Å². The quantitative estimate of drug-likeness (QED) is 0.749. The summed E-state index contributed by atoms with van der Waals surface area (Å²) in [6.07, 6.45) is 5.36. The van der Waals surface area contributed by atoms with Crippen LogP contribution in [0.25, 0.3) is 0 Å². The molecule has 0 aliphatic carbocycles. The van der Waals surface area contributed by atoms with Crippen molar-refractivity contribution in [1.29, 1.82) is 0 Å². The van der Waals surface area contributed by atoms with Crippen molar-refractivity contribution in [1.82, 2.24) is 0 Å². The molecule has 94 valence electrons. The third kappa shape index (κ3) is 3.15. The first kappa shape index (κ1) is 13.9. The second-order valence-corrected chi connectivity index (χ2v) is 5.45. The molecule has 0 saturated carbocycles. The van der Waals surface area contributed by atoms with E-state index in [1.165, 1.54) is 18.4 Å². The molecule has 1 aliphatic heterocycles. The zero-order valence-corrected chi connectivity index (χ0v) is 11.4. The Balaban J connectivity index is 2.67. The molecule has 4 heteroatoms. The summed E-state index contributed by atoms with van der Waals surface area (Å²) in [6, 6.07) is 0. The van der Waals surface area contributed by atoms with Gasteiger partial charge in [-0.3, -0.25) is 0 Å². The third-order valence-electron chi connectivity index (χ3n) is 2.96. The summed E-state index contributed by atoms with van der Waals surface area (Å²) in [7, 11) is 3.50. The van der Waals surface area contributed by atoms with Gasteiger partial charge in [0, 0.05) is 13.5 Å². The van der Waals surface area contributed by atoms with Gasteiger partial charge in [0.05, 0.1) is 7.11 Å². The molecular weight excluding hydrogens is 222 g/mol. The topological polar surface area (TPSA) is 44.5 Å². The van der Waals surface area contributed by atoms with Gasteiger partial charge in [0.25, 0.3) is 0 Å². The number of hydrogen-bond donors (Lipinski definition) is 1. The Bertz CT molecular complexity index is 255. The van der Waals surface area contributed by atoms with Gasteiger partial charge in [-0.2, -0.15) is 0 Å². The number of hydrogen-bond acceptors (Lipinski definition) is 4. The summed E-state index contributed by atoms with van der Waals surface area (Å²) >= 11 is 1.70. The van der Waals surface area contributed by atoms with Crippen molar-refractivity contribution in [3.05, 3.63) is 10.7 Å². The lowest BCUT2D eigenvalue weighted by Gasteiger charge is -2.26. The lowest BCUT2D eigenvalue weighted by atomic mass is 10.0. The lowest BCUT2D eigenvalue weighted by Crippen LogP contribution is -2.28. The van der Waals surface area contributed by atoms with Crippen LogP contribution in [0.2, 0.25) is 0 Å². The van der Waals surface area contributed by atoms with Crippen LogP contribution in [0.3, 0.4) is 0 Å². The molecule has 0 fully saturated rings. The summed E-state index contributed by atoms with van der Waals surface area (Å²) in [4.78, 5) is -0.177. The third-order valence-corrected chi connectivity index (χ3v) is 4.49. The van der Waals surface area contributed by atoms with Gasteiger partial charge in [0.15, 0.2) is 5.09 Å². The zero-order valence-electron chi connectivity index (χ0n) is 10.5. The van der Waals surface area contributed by atoms with E-state index in [-0.39, 0.29) is 4.93 Å².